The van der Waals surface area contributed by atoms with Gasteiger partial charge in [0.1, 0.15) is 10.8 Å². The molecule has 1 aliphatic heterocycles. The van der Waals surface area contributed by atoms with Gasteiger partial charge in [-0.3, -0.25) is 0 Å². The van der Waals surface area contributed by atoms with E-state index in [-0.39, 0.29) is 10.1 Å². The molecular formula is C11H8Cl2O3. The third kappa shape index (κ3) is 1.88. The minimum atomic E-state index is -0.604. The molecule has 1 atom stereocenters. The van der Waals surface area contributed by atoms with E-state index < -0.39 is 12.1 Å². The zero-order chi connectivity index (χ0) is 11.7. The molecule has 0 radical (unpaired) electrons. The van der Waals surface area contributed by atoms with E-state index in [1.807, 2.05) is 0 Å². The highest BCUT2D eigenvalue weighted by Crippen LogP contribution is 2.39. The van der Waals surface area contributed by atoms with E-state index >= 15 is 0 Å². The first-order valence-corrected chi connectivity index (χ1v) is 5.29. The Morgan fingerprint density at radius 3 is 2.31 bits per heavy atom. The highest BCUT2D eigenvalue weighted by Gasteiger charge is 2.33. The molecule has 1 aromatic carbocycles. The Labute approximate surface area is 103 Å². The van der Waals surface area contributed by atoms with E-state index in [1.165, 1.54) is 0 Å². The molecule has 0 spiro atoms. The number of hydrogen-bond acceptors (Lipinski definition) is 3. The molecule has 0 bridgehead atoms. The SMILES string of the molecule is COc1ccc([C@H]2OC(=O)C(Cl)=C2Cl)cc1. The molecule has 1 heterocycles. The molecule has 3 nitrogen and oxygen atoms in total. The predicted octanol–water partition coefficient (Wildman–Crippen LogP) is 2.98. The summed E-state index contributed by atoms with van der Waals surface area (Å²) in [7, 11) is 1.58. The standard InChI is InChI=1S/C11H8Cl2O3/c1-15-7-4-2-6(3-5-7)10-8(12)9(13)11(14)16-10/h2-5,10H,1H3/t10-/m1/s1. The van der Waals surface area contributed by atoms with Crippen LogP contribution in [-0.4, -0.2) is 13.1 Å². The van der Waals surface area contributed by atoms with E-state index in [4.69, 9.17) is 32.7 Å². The van der Waals surface area contributed by atoms with Crippen molar-refractivity contribution < 1.29 is 14.3 Å². The second-order valence-electron chi connectivity index (χ2n) is 3.22. The topological polar surface area (TPSA) is 35.5 Å². The van der Waals surface area contributed by atoms with Crippen molar-refractivity contribution in [2.24, 2.45) is 0 Å². The number of halogens is 2. The van der Waals surface area contributed by atoms with Gasteiger partial charge in [-0.2, -0.15) is 0 Å². The summed E-state index contributed by atoms with van der Waals surface area (Å²) in [6.45, 7) is 0. The summed E-state index contributed by atoms with van der Waals surface area (Å²) >= 11 is 11.6. The number of rotatable bonds is 2. The molecule has 0 N–H and O–H groups in total. The number of carbonyl (C=O) groups excluding carboxylic acids is 1. The van der Waals surface area contributed by atoms with Crippen LogP contribution in [0.2, 0.25) is 0 Å². The van der Waals surface area contributed by atoms with Gasteiger partial charge in [0.05, 0.1) is 12.1 Å². The fourth-order valence-corrected chi connectivity index (χ4v) is 1.81. The smallest absolute Gasteiger partial charge is 0.352 e. The molecule has 16 heavy (non-hydrogen) atoms. The van der Waals surface area contributed by atoms with Gasteiger partial charge in [-0.25, -0.2) is 4.79 Å². The van der Waals surface area contributed by atoms with Gasteiger partial charge < -0.3 is 9.47 Å². The maximum atomic E-state index is 11.2. The molecule has 2 rings (SSSR count). The summed E-state index contributed by atoms with van der Waals surface area (Å²) in [6.07, 6.45) is -0.604. The third-order valence-corrected chi connectivity index (χ3v) is 3.10. The summed E-state index contributed by atoms with van der Waals surface area (Å²) in [5.74, 6) is 0.131. The molecular weight excluding hydrogens is 251 g/mol. The Balaban J connectivity index is 2.29. The minimum Gasteiger partial charge on any atom is -0.497 e. The molecule has 0 saturated carbocycles. The monoisotopic (exact) mass is 258 g/mol. The highest BCUT2D eigenvalue weighted by atomic mass is 35.5. The summed E-state index contributed by atoms with van der Waals surface area (Å²) < 4.78 is 10.0. The highest BCUT2D eigenvalue weighted by molar-refractivity contribution is 6.48. The summed E-state index contributed by atoms with van der Waals surface area (Å²) in [4.78, 5) is 11.2. The number of hydrogen-bond donors (Lipinski definition) is 0. The number of benzene rings is 1. The molecule has 1 aliphatic rings. The van der Waals surface area contributed by atoms with E-state index in [0.717, 1.165) is 11.3 Å². The van der Waals surface area contributed by atoms with Crippen LogP contribution in [0.15, 0.2) is 34.3 Å². The zero-order valence-corrected chi connectivity index (χ0v) is 9.88. The van der Waals surface area contributed by atoms with Crippen molar-refractivity contribution in [2.75, 3.05) is 7.11 Å². The lowest BCUT2D eigenvalue weighted by atomic mass is 10.1. The lowest BCUT2D eigenvalue weighted by molar-refractivity contribution is -0.139. The summed E-state index contributed by atoms with van der Waals surface area (Å²) in [5, 5.41) is 0.166. The van der Waals surface area contributed by atoms with Gasteiger partial charge in [0.15, 0.2) is 6.10 Å². The van der Waals surface area contributed by atoms with Crippen molar-refractivity contribution >= 4 is 29.2 Å². The Morgan fingerprint density at radius 1 is 1.25 bits per heavy atom. The van der Waals surface area contributed by atoms with E-state index in [0.29, 0.717) is 0 Å². The van der Waals surface area contributed by atoms with Crippen LogP contribution in [0.5, 0.6) is 5.75 Å². The fraction of sp³-hybridized carbons (Fsp3) is 0.182. The average molecular weight is 259 g/mol. The van der Waals surface area contributed by atoms with Crippen LogP contribution in [0.3, 0.4) is 0 Å². The lowest BCUT2D eigenvalue weighted by Gasteiger charge is -2.10. The predicted molar refractivity (Wildman–Crippen MR) is 60.6 cm³/mol. The van der Waals surface area contributed by atoms with Crippen molar-refractivity contribution in [3.63, 3.8) is 0 Å². The van der Waals surface area contributed by atoms with Crippen LogP contribution in [0.4, 0.5) is 0 Å². The molecule has 0 saturated heterocycles. The van der Waals surface area contributed by atoms with E-state index in [1.54, 1.807) is 31.4 Å². The van der Waals surface area contributed by atoms with Crippen molar-refractivity contribution in [2.45, 2.75) is 6.10 Å². The van der Waals surface area contributed by atoms with E-state index in [9.17, 15) is 4.79 Å². The Bertz CT molecular complexity index is 451. The second kappa shape index (κ2) is 4.36. The normalized spacial score (nSPS) is 19.9. The molecule has 0 aromatic heterocycles. The Morgan fingerprint density at radius 2 is 1.88 bits per heavy atom. The first kappa shape index (κ1) is 11.3. The number of carbonyl (C=O) groups is 1. The van der Waals surface area contributed by atoms with Crippen LogP contribution in [0.25, 0.3) is 0 Å². The quantitative estimate of drug-likeness (QED) is 0.766. The van der Waals surface area contributed by atoms with Gasteiger partial charge in [-0.15, -0.1) is 0 Å². The largest absolute Gasteiger partial charge is 0.497 e. The molecule has 0 amide bonds. The van der Waals surface area contributed by atoms with Crippen LogP contribution in [-0.2, 0) is 9.53 Å². The van der Waals surface area contributed by atoms with Gasteiger partial charge in [-0.05, 0) is 17.7 Å². The Kier molecular flexibility index (Phi) is 3.08. The van der Waals surface area contributed by atoms with Crippen LogP contribution in [0, 0.1) is 0 Å². The molecule has 5 heteroatoms. The van der Waals surface area contributed by atoms with Gasteiger partial charge >= 0.3 is 5.97 Å². The van der Waals surface area contributed by atoms with Crippen LogP contribution < -0.4 is 4.74 Å². The number of methoxy groups -OCH3 is 1. The minimum absolute atomic E-state index is 0.0533. The summed E-state index contributed by atoms with van der Waals surface area (Å²) in [5.41, 5.74) is 0.759. The maximum absolute atomic E-state index is 11.2. The van der Waals surface area contributed by atoms with Gasteiger partial charge in [0.2, 0.25) is 0 Å². The Hall–Kier alpha value is -1.19. The van der Waals surface area contributed by atoms with E-state index in [2.05, 4.69) is 0 Å². The maximum Gasteiger partial charge on any atom is 0.352 e. The second-order valence-corrected chi connectivity index (χ2v) is 4.01. The molecule has 1 aromatic rings. The summed E-state index contributed by atoms with van der Waals surface area (Å²) in [6, 6.07) is 7.07. The third-order valence-electron chi connectivity index (χ3n) is 2.26. The molecule has 84 valence electrons. The van der Waals surface area contributed by atoms with Crippen molar-refractivity contribution in [1.29, 1.82) is 0 Å². The average Bonchev–Trinajstić information content (AvgIpc) is 2.57. The molecule has 0 unspecified atom stereocenters. The van der Waals surface area contributed by atoms with Crippen molar-refractivity contribution in [3.8, 4) is 5.75 Å². The number of ether oxygens (including phenoxy) is 2. The number of esters is 1. The van der Waals surface area contributed by atoms with Gasteiger partial charge in [0, 0.05) is 0 Å². The van der Waals surface area contributed by atoms with Crippen LogP contribution >= 0.6 is 23.2 Å². The van der Waals surface area contributed by atoms with Crippen LogP contribution in [0.1, 0.15) is 11.7 Å². The van der Waals surface area contributed by atoms with Gasteiger partial charge in [-0.1, -0.05) is 35.3 Å². The lowest BCUT2D eigenvalue weighted by Crippen LogP contribution is -2.01. The first-order chi connectivity index (χ1) is 7.63. The van der Waals surface area contributed by atoms with Gasteiger partial charge in [0.25, 0.3) is 0 Å². The fourth-order valence-electron chi connectivity index (χ4n) is 1.42. The first-order valence-electron chi connectivity index (χ1n) is 4.53. The molecule has 0 fully saturated rings. The zero-order valence-electron chi connectivity index (χ0n) is 8.37. The van der Waals surface area contributed by atoms with Crippen molar-refractivity contribution in [3.05, 3.63) is 39.9 Å². The van der Waals surface area contributed by atoms with Crippen molar-refractivity contribution in [1.82, 2.24) is 0 Å². The number of cyclic esters (lactones) is 1. The molecule has 0 aliphatic carbocycles.